The molecule has 4 atom stereocenters. The van der Waals surface area contributed by atoms with Crippen molar-refractivity contribution in [1.82, 2.24) is 9.80 Å². The molecule has 0 unspecified atom stereocenters. The first kappa shape index (κ1) is 27.6. The molecule has 3 aliphatic rings. The fourth-order valence-corrected chi connectivity index (χ4v) is 6.72. The molecular weight excluding hydrogens is 514 g/mol. The molecule has 3 aliphatic carbocycles. The number of carbonyl (C=O) groups excluding carboxylic acids is 3. The van der Waals surface area contributed by atoms with Gasteiger partial charge in [0.25, 0.3) is 5.91 Å². The molecule has 0 aliphatic heterocycles. The second-order valence-electron chi connectivity index (χ2n) is 11.4. The zero-order valence-corrected chi connectivity index (χ0v) is 22.8. The van der Waals surface area contributed by atoms with E-state index in [0.717, 1.165) is 16.7 Å². The highest BCUT2D eigenvalue weighted by molar-refractivity contribution is 6.24. The molecule has 0 radical (unpaired) electrons. The van der Waals surface area contributed by atoms with E-state index in [2.05, 4.69) is 0 Å². The standard InChI is InChI=1S/C30H33N3O7/c1-32(2)13-14-6-5-7-15(10-14)17-8-9-20(34)22-18(17)11-16-12-19-24(33(3)4)26(36)23(29(31)39)28(38)30(19,40)27(37)21(16)25(22)35/h5-10,16,19,24,34-35,38,40H,11-13H2,1-4H3,(H2,31,39)/t16-,19-,24-,30-/m0/s1. The van der Waals surface area contributed by atoms with Crippen molar-refractivity contribution in [3.8, 4) is 16.9 Å². The van der Waals surface area contributed by atoms with Crippen molar-refractivity contribution in [2.45, 2.75) is 31.0 Å². The molecule has 1 saturated carbocycles. The van der Waals surface area contributed by atoms with Crippen LogP contribution >= 0.6 is 0 Å². The predicted molar refractivity (Wildman–Crippen MR) is 147 cm³/mol. The highest BCUT2D eigenvalue weighted by atomic mass is 16.3. The van der Waals surface area contributed by atoms with Gasteiger partial charge in [-0.05, 0) is 81.3 Å². The Morgan fingerprint density at radius 2 is 1.77 bits per heavy atom. The Bertz CT molecular complexity index is 1520. The fourth-order valence-electron chi connectivity index (χ4n) is 6.72. The summed E-state index contributed by atoms with van der Waals surface area (Å²) in [5.74, 6) is -6.64. The molecule has 5 rings (SSSR count). The van der Waals surface area contributed by atoms with E-state index >= 15 is 0 Å². The lowest BCUT2D eigenvalue weighted by atomic mass is 9.57. The average Bonchev–Trinajstić information content (AvgIpc) is 2.85. The van der Waals surface area contributed by atoms with Crippen molar-refractivity contribution in [3.63, 3.8) is 0 Å². The number of aliphatic hydroxyl groups excluding tert-OH is 2. The van der Waals surface area contributed by atoms with Gasteiger partial charge >= 0.3 is 0 Å². The molecule has 210 valence electrons. The van der Waals surface area contributed by atoms with Gasteiger partial charge in [-0.1, -0.05) is 24.3 Å². The number of phenols is 1. The van der Waals surface area contributed by atoms with Crippen LogP contribution < -0.4 is 5.73 Å². The van der Waals surface area contributed by atoms with Gasteiger partial charge in [0.1, 0.15) is 22.8 Å². The number of hydrogen-bond donors (Lipinski definition) is 5. The maximum Gasteiger partial charge on any atom is 0.255 e. The van der Waals surface area contributed by atoms with Crippen LogP contribution in [0.2, 0.25) is 0 Å². The third-order valence-corrected chi connectivity index (χ3v) is 8.34. The van der Waals surface area contributed by atoms with Crippen LogP contribution in [0.4, 0.5) is 0 Å². The summed E-state index contributed by atoms with van der Waals surface area (Å²) in [5, 5.41) is 45.0. The Kier molecular flexibility index (Phi) is 6.60. The predicted octanol–water partition coefficient (Wildman–Crippen LogP) is 1.69. The van der Waals surface area contributed by atoms with Crippen LogP contribution in [0, 0.1) is 11.8 Å². The van der Waals surface area contributed by atoms with E-state index in [1.54, 1.807) is 20.2 Å². The van der Waals surface area contributed by atoms with Crippen molar-refractivity contribution >= 4 is 23.2 Å². The largest absolute Gasteiger partial charge is 0.508 e. The molecule has 1 fully saturated rings. The van der Waals surface area contributed by atoms with Crippen molar-refractivity contribution < 1.29 is 34.8 Å². The molecule has 0 spiro atoms. The van der Waals surface area contributed by atoms with Crippen molar-refractivity contribution in [3.05, 3.63) is 70.0 Å². The van der Waals surface area contributed by atoms with Crippen LogP contribution in [0.25, 0.3) is 16.9 Å². The van der Waals surface area contributed by atoms with Gasteiger partial charge in [-0.3, -0.25) is 19.3 Å². The first-order valence-corrected chi connectivity index (χ1v) is 13.0. The molecule has 0 saturated heterocycles. The smallest absolute Gasteiger partial charge is 0.255 e. The molecule has 2 aromatic carbocycles. The lowest BCUT2D eigenvalue weighted by Crippen LogP contribution is -2.65. The number of benzene rings is 2. The number of nitrogens with two attached hydrogens (primary N) is 1. The maximum absolute atomic E-state index is 14.0. The van der Waals surface area contributed by atoms with Gasteiger partial charge in [-0.15, -0.1) is 0 Å². The Morgan fingerprint density at radius 3 is 2.40 bits per heavy atom. The lowest BCUT2D eigenvalue weighted by molar-refractivity contribution is -0.153. The van der Waals surface area contributed by atoms with Crippen LogP contribution in [0.3, 0.4) is 0 Å². The van der Waals surface area contributed by atoms with E-state index in [0.29, 0.717) is 12.1 Å². The van der Waals surface area contributed by atoms with E-state index in [-0.39, 0.29) is 29.7 Å². The summed E-state index contributed by atoms with van der Waals surface area (Å²) < 4.78 is 0. The lowest BCUT2D eigenvalue weighted by Gasteiger charge is -2.50. The number of primary amides is 1. The molecule has 40 heavy (non-hydrogen) atoms. The quantitative estimate of drug-likeness (QED) is 0.350. The minimum atomic E-state index is -2.65. The number of rotatable bonds is 5. The molecular formula is C30H33N3O7. The number of hydrogen-bond acceptors (Lipinski definition) is 9. The number of likely N-dealkylation sites (N-methyl/N-ethyl adjacent to an activating group) is 1. The summed E-state index contributed by atoms with van der Waals surface area (Å²) in [4.78, 5) is 42.9. The van der Waals surface area contributed by atoms with E-state index in [9.17, 15) is 34.8 Å². The minimum Gasteiger partial charge on any atom is -0.508 e. The Hall–Kier alpha value is -3.99. The molecule has 0 aromatic heterocycles. The van der Waals surface area contributed by atoms with Crippen LogP contribution in [-0.4, -0.2) is 87.5 Å². The van der Waals surface area contributed by atoms with Crippen LogP contribution in [0.5, 0.6) is 5.75 Å². The first-order chi connectivity index (χ1) is 18.8. The molecule has 0 bridgehead atoms. The zero-order valence-electron chi connectivity index (χ0n) is 22.8. The fraction of sp³-hybridized carbons (Fsp3) is 0.367. The third kappa shape index (κ3) is 3.94. The van der Waals surface area contributed by atoms with E-state index in [1.807, 2.05) is 43.3 Å². The van der Waals surface area contributed by atoms with Gasteiger partial charge in [-0.25, -0.2) is 0 Å². The van der Waals surface area contributed by atoms with Gasteiger partial charge < -0.3 is 31.1 Å². The maximum atomic E-state index is 14.0. The van der Waals surface area contributed by atoms with Gasteiger partial charge in [0.2, 0.25) is 5.78 Å². The van der Waals surface area contributed by atoms with Crippen molar-refractivity contribution in [2.75, 3.05) is 28.2 Å². The topological polar surface area (TPSA) is 165 Å². The van der Waals surface area contributed by atoms with E-state index < -0.39 is 58.0 Å². The summed E-state index contributed by atoms with van der Waals surface area (Å²) in [6, 6.07) is 9.99. The highest BCUT2D eigenvalue weighted by Crippen LogP contribution is 2.53. The molecule has 10 nitrogen and oxygen atoms in total. The van der Waals surface area contributed by atoms with Crippen molar-refractivity contribution in [2.24, 2.45) is 17.6 Å². The number of aromatic hydroxyl groups is 1. The number of aliphatic hydroxyl groups is 3. The molecule has 0 heterocycles. The van der Waals surface area contributed by atoms with E-state index in [4.69, 9.17) is 5.73 Å². The van der Waals surface area contributed by atoms with Crippen LogP contribution in [0.1, 0.15) is 23.1 Å². The Balaban J connectivity index is 1.70. The number of amides is 1. The van der Waals surface area contributed by atoms with Crippen LogP contribution in [0.15, 0.2) is 53.3 Å². The number of Topliss-reactive ketones (excluding diaryl/α,β-unsaturated/α-hetero) is 2. The molecule has 6 N–H and O–H groups in total. The molecule has 1 amide bonds. The number of carbonyl (C=O) groups is 3. The van der Waals surface area contributed by atoms with Gasteiger partial charge in [-0.2, -0.15) is 0 Å². The van der Waals surface area contributed by atoms with Gasteiger partial charge in [0, 0.05) is 18.0 Å². The normalized spacial score (nSPS) is 26.2. The number of ketones is 2. The molecule has 2 aromatic rings. The third-order valence-electron chi connectivity index (χ3n) is 8.34. The average molecular weight is 548 g/mol. The van der Waals surface area contributed by atoms with Crippen LogP contribution in [-0.2, 0) is 27.3 Å². The van der Waals surface area contributed by atoms with Crippen molar-refractivity contribution in [1.29, 1.82) is 0 Å². The van der Waals surface area contributed by atoms with Gasteiger partial charge in [0.05, 0.1) is 11.6 Å². The Morgan fingerprint density at radius 1 is 1.07 bits per heavy atom. The summed E-state index contributed by atoms with van der Waals surface area (Å²) in [6.45, 7) is 0.713. The first-order valence-electron chi connectivity index (χ1n) is 13.0. The summed E-state index contributed by atoms with van der Waals surface area (Å²) in [7, 11) is 7.09. The number of fused-ring (bicyclic) bond motifs is 3. The second-order valence-corrected chi connectivity index (χ2v) is 11.4. The summed E-state index contributed by atoms with van der Waals surface area (Å²) >= 11 is 0. The highest BCUT2D eigenvalue weighted by Gasteiger charge is 2.64. The monoisotopic (exact) mass is 547 g/mol. The second kappa shape index (κ2) is 9.58. The number of nitrogens with zero attached hydrogens (tertiary/aromatic N) is 2. The SMILES string of the molecule is CN(C)Cc1cccc(-c2ccc(O)c3c2C[C@H]2C[C@H]4[C@H](N(C)C)C(=O)C(C(N)=O)=C(O)[C@@]4(O)C(=O)C2=C3O)c1. The minimum absolute atomic E-state index is 0.0432. The summed E-state index contributed by atoms with van der Waals surface area (Å²) in [5.41, 5.74) is 5.15. The Labute approximate surface area is 231 Å². The zero-order chi connectivity index (χ0) is 29.3. The summed E-state index contributed by atoms with van der Waals surface area (Å²) in [6.07, 6.45) is 0.276. The molecule has 10 heteroatoms. The van der Waals surface area contributed by atoms with E-state index in [1.165, 1.54) is 11.0 Å². The van der Waals surface area contributed by atoms with Gasteiger partial charge in [0.15, 0.2) is 11.4 Å². The number of phenolic OH excluding ortho intramolecular Hbond substituents is 1.